The van der Waals surface area contributed by atoms with Gasteiger partial charge in [0.05, 0.1) is 5.52 Å². The summed E-state index contributed by atoms with van der Waals surface area (Å²) >= 11 is 3.70. The lowest BCUT2D eigenvalue weighted by Crippen LogP contribution is -2.06. The van der Waals surface area contributed by atoms with Gasteiger partial charge in [-0.2, -0.15) is 0 Å². The summed E-state index contributed by atoms with van der Waals surface area (Å²) in [5, 5.41) is 1.31. The lowest BCUT2D eigenvalue weighted by Gasteiger charge is -2.17. The number of hydrogen-bond donors (Lipinski definition) is 1. The first kappa shape index (κ1) is 12.0. The van der Waals surface area contributed by atoms with Crippen LogP contribution in [0.3, 0.4) is 0 Å². The zero-order valence-electron chi connectivity index (χ0n) is 11.1. The van der Waals surface area contributed by atoms with Crippen LogP contribution in [0.2, 0.25) is 0 Å². The molecule has 20 heavy (non-hydrogen) atoms. The largest absolute Gasteiger partial charge is 0.399 e. The molecule has 1 aromatic heterocycles. The molecule has 0 amide bonds. The van der Waals surface area contributed by atoms with Crippen molar-refractivity contribution in [3.8, 4) is 11.1 Å². The molecule has 2 heterocycles. The van der Waals surface area contributed by atoms with Gasteiger partial charge in [0.15, 0.2) is 0 Å². The molecule has 0 atom stereocenters. The first-order valence-electron chi connectivity index (χ1n) is 6.89. The van der Waals surface area contributed by atoms with E-state index in [2.05, 4.69) is 44.9 Å². The van der Waals surface area contributed by atoms with Crippen LogP contribution < -0.4 is 5.73 Å². The van der Waals surface area contributed by atoms with Crippen molar-refractivity contribution in [1.29, 1.82) is 0 Å². The fourth-order valence-corrected chi connectivity index (χ4v) is 3.73. The van der Waals surface area contributed by atoms with Gasteiger partial charge < -0.3 is 10.3 Å². The van der Waals surface area contributed by atoms with Gasteiger partial charge in [-0.05, 0) is 69.7 Å². The highest BCUT2D eigenvalue weighted by Gasteiger charge is 2.16. The molecular weight excluding hydrogens is 312 g/mol. The van der Waals surface area contributed by atoms with Crippen molar-refractivity contribution in [1.82, 2.24) is 4.57 Å². The van der Waals surface area contributed by atoms with E-state index in [1.807, 2.05) is 18.2 Å². The molecule has 2 N–H and O–H groups in total. The van der Waals surface area contributed by atoms with Gasteiger partial charge >= 0.3 is 0 Å². The zero-order valence-corrected chi connectivity index (χ0v) is 12.7. The van der Waals surface area contributed by atoms with E-state index < -0.39 is 0 Å². The van der Waals surface area contributed by atoms with Crippen LogP contribution >= 0.6 is 15.9 Å². The summed E-state index contributed by atoms with van der Waals surface area (Å²) in [5.74, 6) is 0. The van der Waals surface area contributed by atoms with Crippen LogP contribution in [0, 0.1) is 0 Å². The molecule has 0 spiro atoms. The van der Waals surface area contributed by atoms with Crippen LogP contribution in [0.15, 0.2) is 47.1 Å². The Hall–Kier alpha value is -1.74. The Kier molecular flexibility index (Phi) is 2.64. The van der Waals surface area contributed by atoms with Gasteiger partial charge in [-0.25, -0.2) is 0 Å². The summed E-state index contributed by atoms with van der Waals surface area (Å²) < 4.78 is 3.54. The lowest BCUT2D eigenvalue weighted by molar-refractivity contribution is 0.635. The normalized spacial score (nSPS) is 13.8. The van der Waals surface area contributed by atoms with Crippen LogP contribution in [-0.4, -0.2) is 4.57 Å². The summed E-state index contributed by atoms with van der Waals surface area (Å²) in [6.45, 7) is 1.12. The second kappa shape index (κ2) is 4.38. The Bertz CT molecular complexity index is 817. The Morgan fingerprint density at radius 3 is 2.85 bits per heavy atom. The maximum absolute atomic E-state index is 5.91. The summed E-state index contributed by atoms with van der Waals surface area (Å²) in [4.78, 5) is 0. The minimum atomic E-state index is 0.813. The van der Waals surface area contributed by atoms with E-state index in [-0.39, 0.29) is 0 Å². The maximum Gasteiger partial charge on any atom is 0.0525 e. The van der Waals surface area contributed by atoms with Crippen LogP contribution in [0.4, 0.5) is 5.69 Å². The quantitative estimate of drug-likeness (QED) is 0.651. The summed E-state index contributed by atoms with van der Waals surface area (Å²) in [6.07, 6.45) is 4.57. The van der Waals surface area contributed by atoms with Crippen molar-refractivity contribution in [3.05, 3.63) is 52.6 Å². The molecule has 1 aliphatic heterocycles. The molecule has 0 fully saturated rings. The molecule has 0 bridgehead atoms. The standard InChI is InChI=1S/C17H15BrN2/c18-16-10-20-6-2-4-12-7-13(9-15(16)17(12)20)11-3-1-5-14(19)8-11/h1,3,5,7-10H,2,4,6,19H2. The van der Waals surface area contributed by atoms with E-state index in [1.165, 1.54) is 38.5 Å². The molecule has 0 unspecified atom stereocenters. The van der Waals surface area contributed by atoms with E-state index in [4.69, 9.17) is 5.73 Å². The average Bonchev–Trinajstić information content (AvgIpc) is 2.77. The Labute approximate surface area is 126 Å². The topological polar surface area (TPSA) is 30.9 Å². The number of aromatic nitrogens is 1. The second-order valence-electron chi connectivity index (χ2n) is 5.43. The highest BCUT2D eigenvalue weighted by molar-refractivity contribution is 9.10. The fourth-order valence-electron chi connectivity index (χ4n) is 3.18. The van der Waals surface area contributed by atoms with Gasteiger partial charge in [0.2, 0.25) is 0 Å². The Morgan fingerprint density at radius 1 is 1.10 bits per heavy atom. The number of rotatable bonds is 1. The number of nitrogens with zero attached hydrogens (tertiary/aromatic N) is 1. The predicted octanol–water partition coefficient (Wildman–Crippen LogP) is 4.60. The van der Waals surface area contributed by atoms with Crippen LogP contribution in [0.5, 0.6) is 0 Å². The van der Waals surface area contributed by atoms with Crippen LogP contribution in [0.25, 0.3) is 22.0 Å². The lowest BCUT2D eigenvalue weighted by atomic mass is 9.96. The van der Waals surface area contributed by atoms with E-state index in [0.29, 0.717) is 0 Å². The fraction of sp³-hybridized carbons (Fsp3) is 0.176. The molecule has 3 aromatic rings. The van der Waals surface area contributed by atoms with Crippen molar-refractivity contribution in [2.24, 2.45) is 0 Å². The molecule has 4 rings (SSSR count). The molecule has 1 aliphatic rings. The van der Waals surface area contributed by atoms with Crippen molar-refractivity contribution in [2.45, 2.75) is 19.4 Å². The van der Waals surface area contributed by atoms with Crippen LogP contribution in [0.1, 0.15) is 12.0 Å². The minimum Gasteiger partial charge on any atom is -0.399 e. The SMILES string of the molecule is Nc1cccc(-c2cc3c4c(c2)c(Br)cn4CCC3)c1. The summed E-state index contributed by atoms with van der Waals surface area (Å²) in [5.41, 5.74) is 12.0. The molecule has 3 heteroatoms. The summed E-state index contributed by atoms with van der Waals surface area (Å²) in [6, 6.07) is 12.7. The van der Waals surface area contributed by atoms with Crippen molar-refractivity contribution >= 4 is 32.5 Å². The maximum atomic E-state index is 5.91. The third kappa shape index (κ3) is 1.77. The molecule has 2 aromatic carbocycles. The number of hydrogen-bond acceptors (Lipinski definition) is 1. The number of nitrogen functional groups attached to an aromatic ring is 1. The number of benzene rings is 2. The van der Waals surface area contributed by atoms with E-state index in [0.717, 1.165) is 18.7 Å². The second-order valence-corrected chi connectivity index (χ2v) is 6.29. The molecule has 0 saturated carbocycles. The van der Waals surface area contributed by atoms with Gasteiger partial charge in [-0.15, -0.1) is 0 Å². The number of nitrogens with two attached hydrogens (primary N) is 1. The Morgan fingerprint density at radius 2 is 2.00 bits per heavy atom. The molecule has 0 radical (unpaired) electrons. The minimum absolute atomic E-state index is 0.813. The van der Waals surface area contributed by atoms with Crippen molar-refractivity contribution in [3.63, 3.8) is 0 Å². The highest BCUT2D eigenvalue weighted by atomic mass is 79.9. The number of anilines is 1. The van der Waals surface area contributed by atoms with Gasteiger partial charge in [0.25, 0.3) is 0 Å². The molecular formula is C17H15BrN2. The third-order valence-electron chi connectivity index (χ3n) is 4.07. The smallest absolute Gasteiger partial charge is 0.0525 e. The summed E-state index contributed by atoms with van der Waals surface area (Å²) in [7, 11) is 0. The van der Waals surface area contributed by atoms with E-state index >= 15 is 0 Å². The highest BCUT2D eigenvalue weighted by Crippen LogP contribution is 2.36. The zero-order chi connectivity index (χ0) is 13.7. The van der Waals surface area contributed by atoms with Crippen molar-refractivity contribution < 1.29 is 0 Å². The molecule has 100 valence electrons. The predicted molar refractivity (Wildman–Crippen MR) is 87.8 cm³/mol. The Balaban J connectivity index is 2.01. The average molecular weight is 327 g/mol. The van der Waals surface area contributed by atoms with Crippen molar-refractivity contribution in [2.75, 3.05) is 5.73 Å². The number of halogens is 1. The van der Waals surface area contributed by atoms with Gasteiger partial charge in [0, 0.05) is 28.3 Å². The number of aryl methyl sites for hydroxylation is 2. The monoisotopic (exact) mass is 326 g/mol. The van der Waals surface area contributed by atoms with Gasteiger partial charge in [-0.3, -0.25) is 0 Å². The van der Waals surface area contributed by atoms with Crippen LogP contribution in [-0.2, 0) is 13.0 Å². The van der Waals surface area contributed by atoms with Gasteiger partial charge in [0.1, 0.15) is 0 Å². The first-order chi connectivity index (χ1) is 9.72. The van der Waals surface area contributed by atoms with Gasteiger partial charge in [-0.1, -0.05) is 12.1 Å². The third-order valence-corrected chi connectivity index (χ3v) is 4.70. The first-order valence-corrected chi connectivity index (χ1v) is 7.69. The van der Waals surface area contributed by atoms with E-state index in [1.54, 1.807) is 0 Å². The molecule has 0 saturated heterocycles. The molecule has 0 aliphatic carbocycles. The molecule has 2 nitrogen and oxygen atoms in total. The van der Waals surface area contributed by atoms with E-state index in [9.17, 15) is 0 Å².